The molecule has 17 heavy (non-hydrogen) atoms. The highest BCUT2D eigenvalue weighted by atomic mass is 32.2. The van der Waals surface area contributed by atoms with Crippen LogP contribution in [0.5, 0.6) is 0 Å². The number of pyridine rings is 1. The van der Waals surface area contributed by atoms with Gasteiger partial charge in [0.2, 0.25) is 0 Å². The molecule has 1 atom stereocenters. The third kappa shape index (κ3) is 2.92. The maximum Gasteiger partial charge on any atom is 0.146 e. The lowest BCUT2D eigenvalue weighted by Crippen LogP contribution is -2.30. The smallest absolute Gasteiger partial charge is 0.146 e. The second kappa shape index (κ2) is 5.92. The van der Waals surface area contributed by atoms with Crippen molar-refractivity contribution in [2.75, 3.05) is 24.2 Å². The van der Waals surface area contributed by atoms with E-state index in [4.69, 9.17) is 5.26 Å². The van der Waals surface area contributed by atoms with Crippen LogP contribution in [-0.2, 0) is 0 Å². The van der Waals surface area contributed by atoms with Crippen molar-refractivity contribution in [3.63, 3.8) is 0 Å². The number of anilines is 1. The first-order valence-corrected chi connectivity index (χ1v) is 7.27. The summed E-state index contributed by atoms with van der Waals surface area (Å²) in [4.78, 5) is 6.65. The molecule has 0 radical (unpaired) electrons. The predicted molar refractivity (Wildman–Crippen MR) is 72.3 cm³/mol. The first-order chi connectivity index (χ1) is 8.35. The molecule has 0 aromatic carbocycles. The summed E-state index contributed by atoms with van der Waals surface area (Å²) >= 11 is 1.92. The van der Waals surface area contributed by atoms with Crippen LogP contribution in [0.2, 0.25) is 0 Å². The molecule has 4 heteroatoms. The van der Waals surface area contributed by atoms with Gasteiger partial charge in [-0.3, -0.25) is 0 Å². The second-order valence-corrected chi connectivity index (χ2v) is 5.42. The van der Waals surface area contributed by atoms with Gasteiger partial charge < -0.3 is 4.90 Å². The molecule has 1 aromatic rings. The lowest BCUT2D eigenvalue weighted by molar-refractivity contribution is 0.736. The van der Waals surface area contributed by atoms with Gasteiger partial charge in [-0.05, 0) is 31.2 Å². The van der Waals surface area contributed by atoms with Crippen molar-refractivity contribution in [1.29, 1.82) is 5.26 Å². The van der Waals surface area contributed by atoms with Crippen LogP contribution in [0, 0.1) is 11.3 Å². The van der Waals surface area contributed by atoms with Crippen molar-refractivity contribution in [3.05, 3.63) is 23.9 Å². The Balaban J connectivity index is 2.22. The van der Waals surface area contributed by atoms with E-state index in [-0.39, 0.29) is 0 Å². The molecule has 1 fully saturated rings. The van der Waals surface area contributed by atoms with E-state index in [1.165, 1.54) is 19.3 Å². The van der Waals surface area contributed by atoms with E-state index in [9.17, 15) is 0 Å². The summed E-state index contributed by atoms with van der Waals surface area (Å²) < 4.78 is 0. The average Bonchev–Trinajstić information content (AvgIpc) is 2.64. The van der Waals surface area contributed by atoms with Gasteiger partial charge in [-0.1, -0.05) is 6.42 Å². The van der Waals surface area contributed by atoms with E-state index < -0.39 is 0 Å². The van der Waals surface area contributed by atoms with Gasteiger partial charge in [-0.2, -0.15) is 17.0 Å². The molecule has 90 valence electrons. The molecule has 0 saturated carbocycles. The Hall–Kier alpha value is -1.21. The highest BCUT2D eigenvalue weighted by Gasteiger charge is 2.20. The predicted octanol–water partition coefficient (Wildman–Crippen LogP) is 2.68. The fourth-order valence-electron chi connectivity index (χ4n) is 2.22. The minimum Gasteiger partial charge on any atom is -0.354 e. The summed E-state index contributed by atoms with van der Waals surface area (Å²) in [7, 11) is 0. The maximum atomic E-state index is 9.12. The largest absolute Gasteiger partial charge is 0.354 e. The maximum absolute atomic E-state index is 9.12. The van der Waals surface area contributed by atoms with Gasteiger partial charge in [0.1, 0.15) is 11.9 Å². The lowest BCUT2D eigenvalue weighted by Gasteiger charge is -2.25. The van der Waals surface area contributed by atoms with Crippen molar-refractivity contribution in [1.82, 2.24) is 4.98 Å². The minimum absolute atomic E-state index is 0.658. The summed E-state index contributed by atoms with van der Waals surface area (Å²) in [5.41, 5.74) is 0.689. The highest BCUT2D eigenvalue weighted by molar-refractivity contribution is 7.99. The number of hydrogen-bond donors (Lipinski definition) is 0. The molecule has 0 amide bonds. The van der Waals surface area contributed by atoms with Crippen LogP contribution in [0.3, 0.4) is 0 Å². The summed E-state index contributed by atoms with van der Waals surface area (Å²) in [6.07, 6.45) is 7.68. The molecule has 1 aliphatic heterocycles. The Morgan fingerprint density at radius 3 is 3.18 bits per heavy atom. The van der Waals surface area contributed by atoms with Gasteiger partial charge >= 0.3 is 0 Å². The van der Waals surface area contributed by atoms with Gasteiger partial charge in [0.05, 0.1) is 5.56 Å². The summed E-state index contributed by atoms with van der Waals surface area (Å²) in [6, 6.07) is 5.91. The quantitative estimate of drug-likeness (QED) is 0.805. The average molecular weight is 247 g/mol. The molecule has 0 N–H and O–H groups in total. The van der Waals surface area contributed by atoms with Crippen LogP contribution < -0.4 is 4.90 Å². The zero-order chi connectivity index (χ0) is 12.1. The van der Waals surface area contributed by atoms with Crippen LogP contribution >= 0.6 is 11.8 Å². The summed E-state index contributed by atoms with van der Waals surface area (Å²) in [5.74, 6) is 0.857. The van der Waals surface area contributed by atoms with E-state index in [1.54, 1.807) is 6.20 Å². The summed E-state index contributed by atoms with van der Waals surface area (Å²) in [5, 5.41) is 9.78. The normalized spacial score (nSPS) is 20.7. The molecule has 0 aliphatic carbocycles. The number of aromatic nitrogens is 1. The molecule has 0 spiro atoms. The van der Waals surface area contributed by atoms with E-state index in [0.717, 1.165) is 18.9 Å². The van der Waals surface area contributed by atoms with E-state index in [1.807, 2.05) is 23.9 Å². The van der Waals surface area contributed by atoms with Crippen LogP contribution in [0.4, 0.5) is 5.82 Å². The fourth-order valence-corrected chi connectivity index (χ4v) is 2.96. The third-order valence-corrected chi connectivity index (χ3v) is 4.22. The molecule has 2 rings (SSSR count). The molecular weight excluding hydrogens is 230 g/mol. The van der Waals surface area contributed by atoms with Crippen molar-refractivity contribution in [3.8, 4) is 6.07 Å². The molecule has 2 heterocycles. The third-order valence-electron chi connectivity index (χ3n) is 3.17. The molecule has 1 aliphatic rings. The Labute approximate surface area is 107 Å². The van der Waals surface area contributed by atoms with Gasteiger partial charge in [0.15, 0.2) is 0 Å². The van der Waals surface area contributed by atoms with Gasteiger partial charge in [0.25, 0.3) is 0 Å². The van der Waals surface area contributed by atoms with Crippen LogP contribution in [0.15, 0.2) is 18.3 Å². The Kier molecular flexibility index (Phi) is 4.27. The second-order valence-electron chi connectivity index (χ2n) is 4.29. The Morgan fingerprint density at radius 2 is 2.41 bits per heavy atom. The molecule has 3 nitrogen and oxygen atoms in total. The van der Waals surface area contributed by atoms with E-state index >= 15 is 0 Å². The monoisotopic (exact) mass is 247 g/mol. The van der Waals surface area contributed by atoms with Crippen molar-refractivity contribution >= 4 is 17.6 Å². The van der Waals surface area contributed by atoms with Crippen molar-refractivity contribution < 1.29 is 0 Å². The Morgan fingerprint density at radius 1 is 1.53 bits per heavy atom. The van der Waals surface area contributed by atoms with E-state index in [2.05, 4.69) is 22.2 Å². The van der Waals surface area contributed by atoms with Gasteiger partial charge in [0, 0.05) is 24.5 Å². The Bertz CT molecular complexity index is 413. The SMILES string of the molecule is CSC1CCCCN(c2ncccc2C#N)C1. The van der Waals surface area contributed by atoms with Crippen LogP contribution in [0.25, 0.3) is 0 Å². The first kappa shape index (κ1) is 12.3. The lowest BCUT2D eigenvalue weighted by atomic mass is 10.2. The fraction of sp³-hybridized carbons (Fsp3) is 0.538. The van der Waals surface area contributed by atoms with Gasteiger partial charge in [-0.25, -0.2) is 4.98 Å². The van der Waals surface area contributed by atoms with E-state index in [0.29, 0.717) is 10.8 Å². The summed E-state index contributed by atoms with van der Waals surface area (Å²) in [6.45, 7) is 2.02. The zero-order valence-electron chi connectivity index (χ0n) is 10.1. The van der Waals surface area contributed by atoms with Crippen LogP contribution in [-0.4, -0.2) is 29.6 Å². The first-order valence-electron chi connectivity index (χ1n) is 5.98. The molecule has 1 saturated heterocycles. The molecule has 1 aromatic heterocycles. The van der Waals surface area contributed by atoms with Crippen molar-refractivity contribution in [2.45, 2.75) is 24.5 Å². The number of nitrogens with zero attached hydrogens (tertiary/aromatic N) is 3. The van der Waals surface area contributed by atoms with Crippen LogP contribution in [0.1, 0.15) is 24.8 Å². The standard InChI is InChI=1S/C13H17N3S/c1-17-12-6-2-3-8-16(10-12)13-11(9-14)5-4-7-15-13/h4-5,7,12H,2-3,6,8,10H2,1H3. The highest BCUT2D eigenvalue weighted by Crippen LogP contribution is 2.25. The topological polar surface area (TPSA) is 39.9 Å². The molecular formula is C13H17N3S. The number of thioether (sulfide) groups is 1. The molecule has 1 unspecified atom stereocenters. The van der Waals surface area contributed by atoms with Crippen molar-refractivity contribution in [2.24, 2.45) is 0 Å². The number of nitriles is 1. The number of hydrogen-bond acceptors (Lipinski definition) is 4. The molecule has 0 bridgehead atoms. The zero-order valence-corrected chi connectivity index (χ0v) is 10.9. The number of rotatable bonds is 2. The minimum atomic E-state index is 0.658. The van der Waals surface area contributed by atoms with Gasteiger partial charge in [-0.15, -0.1) is 0 Å².